The standard InChI is InChI=1S/C13H17N3O2/c1-3-10(4-2)9-15-12-7-11(8-14)5-6-13(12)16(17)18/h5-7,10,15H,3-4,9H2,1-2H3. The van der Waals surface area contributed by atoms with Gasteiger partial charge in [-0.3, -0.25) is 10.1 Å². The lowest BCUT2D eigenvalue weighted by molar-refractivity contribution is -0.384. The van der Waals surface area contributed by atoms with Gasteiger partial charge >= 0.3 is 0 Å². The maximum Gasteiger partial charge on any atom is 0.292 e. The van der Waals surface area contributed by atoms with E-state index in [1.54, 1.807) is 0 Å². The molecule has 0 aliphatic carbocycles. The first kappa shape index (κ1) is 14.0. The maximum absolute atomic E-state index is 10.9. The molecule has 5 heteroatoms. The first-order valence-electron chi connectivity index (χ1n) is 6.04. The number of nitriles is 1. The third-order valence-corrected chi connectivity index (χ3v) is 3.06. The molecule has 1 aromatic rings. The molecule has 0 aromatic heterocycles. The van der Waals surface area contributed by atoms with E-state index in [0.29, 0.717) is 23.7 Å². The van der Waals surface area contributed by atoms with Crippen molar-refractivity contribution in [3.8, 4) is 6.07 Å². The lowest BCUT2D eigenvalue weighted by Crippen LogP contribution is -2.13. The van der Waals surface area contributed by atoms with E-state index in [0.717, 1.165) is 12.8 Å². The minimum Gasteiger partial charge on any atom is -0.379 e. The zero-order valence-electron chi connectivity index (χ0n) is 10.6. The summed E-state index contributed by atoms with van der Waals surface area (Å²) in [6.07, 6.45) is 2.05. The van der Waals surface area contributed by atoms with Crippen LogP contribution in [0.15, 0.2) is 18.2 Å². The molecular weight excluding hydrogens is 230 g/mol. The van der Waals surface area contributed by atoms with Gasteiger partial charge in [-0.2, -0.15) is 5.26 Å². The second-order valence-corrected chi connectivity index (χ2v) is 4.16. The van der Waals surface area contributed by atoms with E-state index in [9.17, 15) is 10.1 Å². The number of benzene rings is 1. The number of nitro benzene ring substituents is 1. The summed E-state index contributed by atoms with van der Waals surface area (Å²) < 4.78 is 0. The highest BCUT2D eigenvalue weighted by molar-refractivity contribution is 5.64. The van der Waals surface area contributed by atoms with Gasteiger partial charge in [-0.1, -0.05) is 26.7 Å². The van der Waals surface area contributed by atoms with Gasteiger partial charge in [-0.25, -0.2) is 0 Å². The SMILES string of the molecule is CCC(CC)CNc1cc(C#N)ccc1[N+](=O)[O-]. The zero-order valence-corrected chi connectivity index (χ0v) is 10.6. The molecule has 5 nitrogen and oxygen atoms in total. The second kappa shape index (κ2) is 6.60. The molecule has 0 aliphatic rings. The number of nitrogens with one attached hydrogen (secondary N) is 1. The topological polar surface area (TPSA) is 79.0 Å². The van der Waals surface area contributed by atoms with Crippen molar-refractivity contribution in [1.82, 2.24) is 0 Å². The first-order valence-corrected chi connectivity index (χ1v) is 6.04. The predicted octanol–water partition coefficient (Wildman–Crippen LogP) is 3.31. The molecule has 0 saturated carbocycles. The van der Waals surface area contributed by atoms with Crippen molar-refractivity contribution in [1.29, 1.82) is 5.26 Å². The minimum atomic E-state index is -0.434. The number of nitro groups is 1. The van der Waals surface area contributed by atoms with Crippen molar-refractivity contribution in [3.05, 3.63) is 33.9 Å². The van der Waals surface area contributed by atoms with Crippen molar-refractivity contribution in [3.63, 3.8) is 0 Å². The Morgan fingerprint density at radius 3 is 2.61 bits per heavy atom. The van der Waals surface area contributed by atoms with Gasteiger partial charge in [0.1, 0.15) is 5.69 Å². The van der Waals surface area contributed by atoms with Crippen LogP contribution in [0.25, 0.3) is 0 Å². The van der Waals surface area contributed by atoms with E-state index in [1.807, 2.05) is 6.07 Å². The Labute approximate surface area is 107 Å². The van der Waals surface area contributed by atoms with Crippen LogP contribution in [0.3, 0.4) is 0 Å². The fraction of sp³-hybridized carbons (Fsp3) is 0.462. The third kappa shape index (κ3) is 3.45. The lowest BCUT2D eigenvalue weighted by atomic mass is 10.0. The molecule has 0 unspecified atom stereocenters. The summed E-state index contributed by atoms with van der Waals surface area (Å²) in [5.41, 5.74) is 0.860. The summed E-state index contributed by atoms with van der Waals surface area (Å²) in [6, 6.07) is 6.34. The Bertz CT molecular complexity index is 462. The van der Waals surface area contributed by atoms with Crippen molar-refractivity contribution < 1.29 is 4.92 Å². The highest BCUT2D eigenvalue weighted by Gasteiger charge is 2.15. The number of hydrogen-bond acceptors (Lipinski definition) is 4. The Hall–Kier alpha value is -2.09. The Balaban J connectivity index is 2.91. The minimum absolute atomic E-state index is 0.0138. The zero-order chi connectivity index (χ0) is 13.5. The highest BCUT2D eigenvalue weighted by Crippen LogP contribution is 2.25. The van der Waals surface area contributed by atoms with Crippen LogP contribution in [0, 0.1) is 27.4 Å². The van der Waals surface area contributed by atoms with Gasteiger partial charge in [-0.15, -0.1) is 0 Å². The molecular formula is C13H17N3O2. The van der Waals surface area contributed by atoms with Crippen LogP contribution in [-0.4, -0.2) is 11.5 Å². The van der Waals surface area contributed by atoms with Gasteiger partial charge in [-0.05, 0) is 18.1 Å². The fourth-order valence-electron chi connectivity index (χ4n) is 1.74. The molecule has 0 fully saturated rings. The summed E-state index contributed by atoms with van der Waals surface area (Å²) >= 11 is 0. The third-order valence-electron chi connectivity index (χ3n) is 3.06. The molecule has 0 amide bonds. The quantitative estimate of drug-likeness (QED) is 0.617. The molecule has 0 saturated heterocycles. The summed E-state index contributed by atoms with van der Waals surface area (Å²) in [4.78, 5) is 10.5. The van der Waals surface area contributed by atoms with Crippen LogP contribution in [0.2, 0.25) is 0 Å². The van der Waals surface area contributed by atoms with Crippen molar-refractivity contribution in [2.24, 2.45) is 5.92 Å². The van der Waals surface area contributed by atoms with Gasteiger partial charge in [0.25, 0.3) is 5.69 Å². The largest absolute Gasteiger partial charge is 0.379 e. The molecule has 0 spiro atoms. The van der Waals surface area contributed by atoms with Crippen molar-refractivity contribution >= 4 is 11.4 Å². The van der Waals surface area contributed by atoms with Crippen LogP contribution in [-0.2, 0) is 0 Å². The number of anilines is 1. The summed E-state index contributed by atoms with van der Waals surface area (Å²) in [5.74, 6) is 0.482. The smallest absolute Gasteiger partial charge is 0.292 e. The van der Waals surface area contributed by atoms with Crippen molar-refractivity contribution in [2.75, 3.05) is 11.9 Å². The molecule has 18 heavy (non-hydrogen) atoms. The highest BCUT2D eigenvalue weighted by atomic mass is 16.6. The molecule has 0 aliphatic heterocycles. The maximum atomic E-state index is 10.9. The molecule has 0 atom stereocenters. The van der Waals surface area contributed by atoms with Gasteiger partial charge in [0.05, 0.1) is 16.6 Å². The molecule has 96 valence electrons. The fourth-order valence-corrected chi connectivity index (χ4v) is 1.74. The Morgan fingerprint density at radius 1 is 1.44 bits per heavy atom. The van der Waals surface area contributed by atoms with E-state index < -0.39 is 4.92 Å². The van der Waals surface area contributed by atoms with Crippen LogP contribution in [0.4, 0.5) is 11.4 Å². The van der Waals surface area contributed by atoms with Crippen molar-refractivity contribution in [2.45, 2.75) is 26.7 Å². The molecule has 0 radical (unpaired) electrons. The molecule has 1 N–H and O–H groups in total. The summed E-state index contributed by atoms with van der Waals surface area (Å²) in [7, 11) is 0. The van der Waals surface area contributed by atoms with Gasteiger partial charge in [0.15, 0.2) is 0 Å². The second-order valence-electron chi connectivity index (χ2n) is 4.16. The average Bonchev–Trinajstić information content (AvgIpc) is 2.39. The molecule has 0 bridgehead atoms. The lowest BCUT2D eigenvalue weighted by Gasteiger charge is -2.14. The van der Waals surface area contributed by atoms with Crippen LogP contribution in [0.1, 0.15) is 32.3 Å². The van der Waals surface area contributed by atoms with E-state index in [-0.39, 0.29) is 5.69 Å². The molecule has 1 aromatic carbocycles. The van der Waals surface area contributed by atoms with E-state index in [4.69, 9.17) is 5.26 Å². The number of rotatable bonds is 6. The van der Waals surface area contributed by atoms with Gasteiger partial charge in [0, 0.05) is 12.6 Å². The van der Waals surface area contributed by atoms with Crippen LogP contribution >= 0.6 is 0 Å². The predicted molar refractivity (Wildman–Crippen MR) is 70.4 cm³/mol. The van der Waals surface area contributed by atoms with Gasteiger partial charge < -0.3 is 5.32 Å². The van der Waals surface area contributed by atoms with Crippen LogP contribution < -0.4 is 5.32 Å². The number of nitrogens with zero attached hydrogens (tertiary/aromatic N) is 2. The van der Waals surface area contributed by atoms with E-state index >= 15 is 0 Å². The monoisotopic (exact) mass is 247 g/mol. The Kier molecular flexibility index (Phi) is 5.12. The number of hydrogen-bond donors (Lipinski definition) is 1. The molecule has 0 heterocycles. The summed E-state index contributed by atoms with van der Waals surface area (Å²) in [5, 5.41) is 22.8. The van der Waals surface area contributed by atoms with Crippen LogP contribution in [0.5, 0.6) is 0 Å². The summed E-state index contributed by atoms with van der Waals surface area (Å²) in [6.45, 7) is 4.87. The Morgan fingerprint density at radius 2 is 2.11 bits per heavy atom. The first-order chi connectivity index (χ1) is 8.62. The van der Waals surface area contributed by atoms with E-state index in [2.05, 4.69) is 19.2 Å². The normalized spacial score (nSPS) is 10.1. The van der Waals surface area contributed by atoms with Gasteiger partial charge in [0.2, 0.25) is 0 Å². The van der Waals surface area contributed by atoms with E-state index in [1.165, 1.54) is 18.2 Å². The molecule has 1 rings (SSSR count). The average molecular weight is 247 g/mol.